The van der Waals surface area contributed by atoms with E-state index in [1.807, 2.05) is 0 Å². The molecule has 4 unspecified atom stereocenters. The maximum Gasteiger partial charge on any atom is 0.516 e. The molecule has 0 aliphatic heterocycles. The van der Waals surface area contributed by atoms with Gasteiger partial charge in [0.25, 0.3) is 0 Å². The Balaban J connectivity index is 1.67. The van der Waals surface area contributed by atoms with Crippen LogP contribution in [0.1, 0.15) is 47.0 Å². The van der Waals surface area contributed by atoms with E-state index in [9.17, 15) is 26.4 Å². The molecule has 1 N–H and O–H groups in total. The lowest BCUT2D eigenvalue weighted by atomic mass is 9.41. The second-order valence-electron chi connectivity index (χ2n) is 8.93. The van der Waals surface area contributed by atoms with Crippen molar-refractivity contribution in [2.75, 3.05) is 0 Å². The fourth-order valence-electron chi connectivity index (χ4n) is 7.70. The summed E-state index contributed by atoms with van der Waals surface area (Å²) in [5.41, 5.74) is -5.97. The largest absolute Gasteiger partial charge is 0.516 e. The van der Waals surface area contributed by atoms with Crippen LogP contribution in [-0.4, -0.2) is 19.8 Å². The number of rotatable bonds is 2. The maximum absolute atomic E-state index is 12.5. The van der Waals surface area contributed by atoms with E-state index in [0.29, 0.717) is 6.42 Å². The predicted molar refractivity (Wildman–Crippen MR) is 75.3 cm³/mol. The number of carbonyl (C=O) groups is 1. The molecule has 0 bridgehead atoms. The van der Waals surface area contributed by atoms with Crippen molar-refractivity contribution in [3.63, 3.8) is 0 Å². The van der Waals surface area contributed by atoms with Gasteiger partial charge in [-0.1, -0.05) is 27.7 Å². The van der Waals surface area contributed by atoms with Crippen molar-refractivity contribution in [2.24, 2.45) is 33.0 Å². The van der Waals surface area contributed by atoms with Crippen LogP contribution in [0, 0.1) is 33.0 Å². The summed E-state index contributed by atoms with van der Waals surface area (Å²) in [5.74, 6) is -1.62. The van der Waals surface area contributed by atoms with Gasteiger partial charge in [0.1, 0.15) is 0 Å². The van der Waals surface area contributed by atoms with Gasteiger partial charge in [0.15, 0.2) is 0 Å². The van der Waals surface area contributed by atoms with Gasteiger partial charge < -0.3 is 0 Å². The van der Waals surface area contributed by atoms with Gasteiger partial charge in [0.2, 0.25) is 5.91 Å². The zero-order valence-corrected chi connectivity index (χ0v) is 14.3. The summed E-state index contributed by atoms with van der Waals surface area (Å²) in [7, 11) is -5.63. The van der Waals surface area contributed by atoms with E-state index in [1.54, 1.807) is 0 Å². The molecule has 3 aliphatic rings. The van der Waals surface area contributed by atoms with Gasteiger partial charge in [-0.25, -0.2) is 4.72 Å². The van der Waals surface area contributed by atoms with Gasteiger partial charge >= 0.3 is 15.5 Å². The normalized spacial score (nSPS) is 47.7. The summed E-state index contributed by atoms with van der Waals surface area (Å²) in [5, 5.41) is 0. The first-order valence-corrected chi connectivity index (χ1v) is 9.25. The smallest absolute Gasteiger partial charge is 0.274 e. The van der Waals surface area contributed by atoms with Gasteiger partial charge in [-0.2, -0.15) is 21.6 Å². The topological polar surface area (TPSA) is 63.2 Å². The van der Waals surface area contributed by atoms with E-state index < -0.39 is 27.4 Å². The molecule has 0 heterocycles. The van der Waals surface area contributed by atoms with Crippen LogP contribution in [0.15, 0.2) is 0 Å². The number of carbonyl (C=O) groups excluding carboxylic acids is 1. The van der Waals surface area contributed by atoms with Crippen molar-refractivity contribution in [3.05, 3.63) is 0 Å². The van der Waals surface area contributed by atoms with Crippen LogP contribution in [0.25, 0.3) is 0 Å². The number of nitrogens with one attached hydrogen (secondary N) is 1. The highest BCUT2D eigenvalue weighted by atomic mass is 32.2. The van der Waals surface area contributed by atoms with E-state index in [2.05, 4.69) is 27.7 Å². The summed E-state index contributed by atoms with van der Waals surface area (Å²) >= 11 is 0. The standard InChI is InChI=1S/C15H20F3NO3S/c1-10(2)12-5-8(9(20)19-23(21,22)15(16,17)18)13(6-12)11(3,4)14(10,13)7-12/h8H,5-7H2,1-4H3,(H,19,20). The number of fused-ring (bicyclic) bond motifs is 1. The average Bonchev–Trinajstić information content (AvgIpc) is 2.76. The fourth-order valence-corrected chi connectivity index (χ4v) is 8.22. The molecule has 4 atom stereocenters. The van der Waals surface area contributed by atoms with Crippen LogP contribution >= 0.6 is 0 Å². The third-order valence-corrected chi connectivity index (χ3v) is 9.62. The number of halogens is 3. The summed E-state index contributed by atoms with van der Waals surface area (Å²) in [4.78, 5) is 12.4. The van der Waals surface area contributed by atoms with Crippen molar-refractivity contribution in [2.45, 2.75) is 52.5 Å². The minimum Gasteiger partial charge on any atom is -0.274 e. The Morgan fingerprint density at radius 3 is 2.09 bits per heavy atom. The molecule has 3 spiro atoms. The number of hydrogen-bond acceptors (Lipinski definition) is 3. The Kier molecular flexibility index (Phi) is 2.26. The Bertz CT molecular complexity index is 756. The molecule has 4 nitrogen and oxygen atoms in total. The molecular formula is C15H20F3NO3S. The average molecular weight is 351 g/mol. The van der Waals surface area contributed by atoms with Crippen LogP contribution in [0.3, 0.4) is 0 Å². The molecule has 0 aromatic rings. The molecule has 3 saturated carbocycles. The Labute approximate surface area is 133 Å². The third kappa shape index (κ3) is 1.13. The molecule has 0 radical (unpaired) electrons. The van der Waals surface area contributed by atoms with E-state index in [-0.39, 0.29) is 27.1 Å². The zero-order chi connectivity index (χ0) is 17.5. The first-order chi connectivity index (χ1) is 10.1. The minimum absolute atomic E-state index is 0.0213. The molecule has 0 aromatic carbocycles. The van der Waals surface area contributed by atoms with E-state index >= 15 is 0 Å². The van der Waals surface area contributed by atoms with Crippen molar-refractivity contribution in [3.8, 4) is 0 Å². The molecule has 23 heavy (non-hydrogen) atoms. The second-order valence-corrected chi connectivity index (χ2v) is 10.6. The molecule has 0 aromatic heterocycles. The Morgan fingerprint density at radius 2 is 1.65 bits per heavy atom. The second kappa shape index (κ2) is 3.30. The first-order valence-electron chi connectivity index (χ1n) is 7.77. The molecule has 1 amide bonds. The highest BCUT2D eigenvalue weighted by Crippen LogP contribution is 3.09. The van der Waals surface area contributed by atoms with Gasteiger partial charge in [0.05, 0.1) is 0 Å². The van der Waals surface area contributed by atoms with Crippen LogP contribution < -0.4 is 4.72 Å². The van der Waals surface area contributed by atoms with E-state index in [0.717, 1.165) is 12.8 Å². The monoisotopic (exact) mass is 351 g/mol. The molecule has 3 rings (SSSR count). The highest BCUT2D eigenvalue weighted by Gasteiger charge is 3.04. The number of hydrogen-bond donors (Lipinski definition) is 1. The van der Waals surface area contributed by atoms with Crippen molar-refractivity contribution in [1.82, 2.24) is 4.72 Å². The van der Waals surface area contributed by atoms with Gasteiger partial charge in [-0.05, 0) is 46.3 Å². The van der Waals surface area contributed by atoms with E-state index in [4.69, 9.17) is 0 Å². The lowest BCUT2D eigenvalue weighted by molar-refractivity contribution is -0.155. The first kappa shape index (κ1) is 15.7. The van der Waals surface area contributed by atoms with Crippen LogP contribution in [0.2, 0.25) is 0 Å². The summed E-state index contributed by atoms with van der Waals surface area (Å²) in [6.45, 7) is 8.52. The zero-order valence-electron chi connectivity index (χ0n) is 13.5. The van der Waals surface area contributed by atoms with Crippen molar-refractivity contribution < 1.29 is 26.4 Å². The van der Waals surface area contributed by atoms with Crippen LogP contribution in [0.4, 0.5) is 13.2 Å². The molecule has 0 saturated heterocycles. The highest BCUT2D eigenvalue weighted by molar-refractivity contribution is 7.90. The molecule has 3 fully saturated rings. The molecule has 8 heteroatoms. The minimum atomic E-state index is -5.63. The summed E-state index contributed by atoms with van der Waals surface area (Å²) in [6, 6.07) is 0. The number of amides is 1. The number of alkyl halides is 3. The van der Waals surface area contributed by atoms with E-state index in [1.165, 1.54) is 4.72 Å². The molecule has 130 valence electrons. The van der Waals surface area contributed by atoms with Crippen LogP contribution in [-0.2, 0) is 14.8 Å². The molecular weight excluding hydrogens is 331 g/mol. The number of sulfonamides is 1. The predicted octanol–water partition coefficient (Wildman–Crippen LogP) is 2.80. The van der Waals surface area contributed by atoms with Gasteiger partial charge in [-0.3, -0.25) is 4.79 Å². The molecule has 3 aliphatic carbocycles. The van der Waals surface area contributed by atoms with Crippen molar-refractivity contribution in [1.29, 1.82) is 0 Å². The lowest BCUT2D eigenvalue weighted by Crippen LogP contribution is -2.57. The van der Waals surface area contributed by atoms with Gasteiger partial charge in [0, 0.05) is 5.92 Å². The Hall–Kier alpha value is -0.790. The van der Waals surface area contributed by atoms with Crippen molar-refractivity contribution >= 4 is 15.9 Å². The SMILES string of the molecule is CC1(C)C23CC(C(=O)NS(=O)(=O)C(F)(F)F)C4(C2)C(C)(C)C14C3. The maximum atomic E-state index is 12.5. The summed E-state index contributed by atoms with van der Waals surface area (Å²) in [6.07, 6.45) is 2.32. The Morgan fingerprint density at radius 1 is 1.09 bits per heavy atom. The van der Waals surface area contributed by atoms with Crippen LogP contribution in [0.5, 0.6) is 0 Å². The fraction of sp³-hybridized carbons (Fsp3) is 0.933. The quantitative estimate of drug-likeness (QED) is 0.832. The van der Waals surface area contributed by atoms with Gasteiger partial charge in [-0.15, -0.1) is 0 Å². The lowest BCUT2D eigenvalue weighted by Gasteiger charge is -2.62. The third-order valence-electron chi connectivity index (χ3n) is 8.54. The summed E-state index contributed by atoms with van der Waals surface area (Å²) < 4.78 is 61.4.